The number of fused-ring (bicyclic) bond motifs is 1. The third-order valence-electron chi connectivity index (χ3n) is 2.96. The first kappa shape index (κ1) is 13.9. The van der Waals surface area contributed by atoms with Crippen molar-refractivity contribution in [1.82, 2.24) is 14.6 Å². The number of carbonyl (C=O) groups is 1. The Balaban J connectivity index is 2.25. The number of hydrogen-bond acceptors (Lipinski definition) is 4. The Morgan fingerprint density at radius 1 is 1.24 bits per heavy atom. The Hall–Kier alpha value is -2.11. The number of hydrogen-bond donors (Lipinski definition) is 0. The molecule has 1 aromatic carbocycles. The highest BCUT2D eigenvalue weighted by atomic mass is 35.5. The van der Waals surface area contributed by atoms with Gasteiger partial charge in [0.2, 0.25) is 0 Å². The van der Waals surface area contributed by atoms with E-state index in [2.05, 4.69) is 10.2 Å². The largest absolute Gasteiger partial charge is 0.465 e. The number of benzene rings is 1. The summed E-state index contributed by atoms with van der Waals surface area (Å²) in [5, 5.41) is 9.05. The van der Waals surface area contributed by atoms with Crippen LogP contribution in [0, 0.1) is 0 Å². The van der Waals surface area contributed by atoms with Crippen molar-refractivity contribution in [1.29, 1.82) is 0 Å². The van der Waals surface area contributed by atoms with E-state index >= 15 is 0 Å². The van der Waals surface area contributed by atoms with E-state index in [9.17, 15) is 4.79 Å². The van der Waals surface area contributed by atoms with E-state index in [0.29, 0.717) is 27.1 Å². The monoisotopic (exact) mass is 321 g/mol. The molecule has 0 spiro atoms. The highest BCUT2D eigenvalue weighted by Crippen LogP contribution is 2.25. The minimum absolute atomic E-state index is 0.318. The lowest BCUT2D eigenvalue weighted by Crippen LogP contribution is -2.03. The summed E-state index contributed by atoms with van der Waals surface area (Å²) in [4.78, 5) is 11.7. The number of methoxy groups -OCH3 is 1. The van der Waals surface area contributed by atoms with Crippen molar-refractivity contribution < 1.29 is 9.53 Å². The summed E-state index contributed by atoms with van der Waals surface area (Å²) in [6, 6.07) is 8.68. The summed E-state index contributed by atoms with van der Waals surface area (Å²) < 4.78 is 6.35. The summed E-state index contributed by atoms with van der Waals surface area (Å²) in [6.07, 6.45) is 1.59. The Bertz CT molecular complexity index is 845. The molecule has 0 aliphatic rings. The predicted octanol–water partition coefficient (Wildman–Crippen LogP) is 3.49. The molecule has 0 amide bonds. The maximum Gasteiger partial charge on any atom is 0.339 e. The van der Waals surface area contributed by atoms with E-state index in [1.807, 2.05) is 12.1 Å². The highest BCUT2D eigenvalue weighted by Gasteiger charge is 2.15. The van der Waals surface area contributed by atoms with Gasteiger partial charge in [-0.05, 0) is 18.2 Å². The molecule has 2 aromatic heterocycles. The Morgan fingerprint density at radius 2 is 2.05 bits per heavy atom. The van der Waals surface area contributed by atoms with Crippen LogP contribution in [0.1, 0.15) is 10.4 Å². The summed E-state index contributed by atoms with van der Waals surface area (Å²) >= 11 is 12.1. The van der Waals surface area contributed by atoms with Gasteiger partial charge in [-0.2, -0.15) is 0 Å². The number of esters is 1. The normalized spacial score (nSPS) is 10.8. The van der Waals surface area contributed by atoms with E-state index in [4.69, 9.17) is 27.9 Å². The maximum atomic E-state index is 11.7. The van der Waals surface area contributed by atoms with Gasteiger partial charge in [0.25, 0.3) is 0 Å². The molecular weight excluding hydrogens is 313 g/mol. The van der Waals surface area contributed by atoms with Crippen molar-refractivity contribution in [2.24, 2.45) is 0 Å². The number of nitrogens with zero attached hydrogens (tertiary/aromatic N) is 3. The molecule has 0 aliphatic heterocycles. The molecule has 0 fully saturated rings. The predicted molar refractivity (Wildman–Crippen MR) is 79.8 cm³/mol. The third-order valence-corrected chi connectivity index (χ3v) is 3.48. The fourth-order valence-electron chi connectivity index (χ4n) is 2.01. The van der Waals surface area contributed by atoms with E-state index in [-0.39, 0.29) is 0 Å². The van der Waals surface area contributed by atoms with Crippen molar-refractivity contribution in [3.05, 3.63) is 52.1 Å². The van der Waals surface area contributed by atoms with Gasteiger partial charge in [0.15, 0.2) is 11.5 Å². The minimum Gasteiger partial charge on any atom is -0.465 e. The molecular formula is C14H9Cl2N3O2. The van der Waals surface area contributed by atoms with Crippen LogP contribution in [0.5, 0.6) is 0 Å². The summed E-state index contributed by atoms with van der Waals surface area (Å²) in [5.41, 5.74) is 1.55. The summed E-state index contributed by atoms with van der Waals surface area (Å²) in [7, 11) is 1.31. The second-order valence-corrected chi connectivity index (χ2v) is 5.14. The minimum atomic E-state index is -0.482. The van der Waals surface area contributed by atoms with Crippen LogP contribution in [0.15, 0.2) is 36.5 Å². The van der Waals surface area contributed by atoms with Crippen LogP contribution in [-0.4, -0.2) is 27.7 Å². The average Bonchev–Trinajstić information content (AvgIpc) is 2.90. The van der Waals surface area contributed by atoms with Crippen LogP contribution in [0.3, 0.4) is 0 Å². The Morgan fingerprint density at radius 3 is 2.76 bits per heavy atom. The molecule has 0 bridgehead atoms. The third kappa shape index (κ3) is 2.46. The first-order valence-corrected chi connectivity index (χ1v) is 6.74. The lowest BCUT2D eigenvalue weighted by molar-refractivity contribution is 0.0600. The molecule has 21 heavy (non-hydrogen) atoms. The average molecular weight is 322 g/mol. The van der Waals surface area contributed by atoms with E-state index in [0.717, 1.165) is 5.56 Å². The molecule has 0 atom stereocenters. The van der Waals surface area contributed by atoms with Gasteiger partial charge in [-0.25, -0.2) is 4.79 Å². The fraction of sp³-hybridized carbons (Fsp3) is 0.0714. The molecule has 0 aliphatic carbocycles. The van der Waals surface area contributed by atoms with Crippen LogP contribution in [-0.2, 0) is 4.74 Å². The molecule has 3 rings (SSSR count). The molecule has 106 valence electrons. The molecule has 0 radical (unpaired) electrons. The van der Waals surface area contributed by atoms with E-state index < -0.39 is 5.97 Å². The molecule has 0 saturated carbocycles. The number of rotatable bonds is 2. The van der Waals surface area contributed by atoms with Crippen LogP contribution < -0.4 is 0 Å². The quantitative estimate of drug-likeness (QED) is 0.678. The van der Waals surface area contributed by atoms with Gasteiger partial charge in [0, 0.05) is 16.8 Å². The number of aromatic nitrogens is 3. The standard InChI is InChI=1S/C14H9Cl2N3O2/c1-21-14(20)9-6-11(16)13-18-17-12(19(13)7-9)8-3-2-4-10(15)5-8/h2-7H,1H3. The van der Waals surface area contributed by atoms with Gasteiger partial charge in [0.1, 0.15) is 0 Å². The molecule has 0 N–H and O–H groups in total. The first-order chi connectivity index (χ1) is 10.1. The van der Waals surface area contributed by atoms with Crippen molar-refractivity contribution in [3.63, 3.8) is 0 Å². The molecule has 3 aromatic rings. The zero-order valence-corrected chi connectivity index (χ0v) is 12.4. The van der Waals surface area contributed by atoms with Crippen LogP contribution in [0.25, 0.3) is 17.0 Å². The Kier molecular flexibility index (Phi) is 3.53. The van der Waals surface area contributed by atoms with E-state index in [1.54, 1.807) is 22.7 Å². The number of ether oxygens (including phenoxy) is 1. The second-order valence-electron chi connectivity index (χ2n) is 4.30. The molecule has 0 saturated heterocycles. The zero-order valence-electron chi connectivity index (χ0n) is 10.9. The molecule has 0 unspecified atom stereocenters. The van der Waals surface area contributed by atoms with Crippen molar-refractivity contribution in [2.75, 3.05) is 7.11 Å². The zero-order chi connectivity index (χ0) is 15.0. The smallest absolute Gasteiger partial charge is 0.339 e. The van der Waals surface area contributed by atoms with Crippen molar-refractivity contribution >= 4 is 34.8 Å². The van der Waals surface area contributed by atoms with Gasteiger partial charge >= 0.3 is 5.97 Å². The van der Waals surface area contributed by atoms with Gasteiger partial charge in [-0.15, -0.1) is 10.2 Å². The Labute approximate surface area is 130 Å². The highest BCUT2D eigenvalue weighted by molar-refractivity contribution is 6.33. The fourth-order valence-corrected chi connectivity index (χ4v) is 2.44. The van der Waals surface area contributed by atoms with Crippen LogP contribution in [0.2, 0.25) is 10.0 Å². The second kappa shape index (κ2) is 5.35. The lowest BCUT2D eigenvalue weighted by Gasteiger charge is -2.04. The van der Waals surface area contributed by atoms with Crippen LogP contribution in [0.4, 0.5) is 0 Å². The SMILES string of the molecule is COC(=O)c1cc(Cl)c2nnc(-c3cccc(Cl)c3)n2c1. The first-order valence-electron chi connectivity index (χ1n) is 5.98. The van der Waals surface area contributed by atoms with Gasteiger partial charge in [0.05, 0.1) is 17.7 Å². The van der Waals surface area contributed by atoms with Crippen molar-refractivity contribution in [3.8, 4) is 11.4 Å². The molecule has 7 heteroatoms. The summed E-state index contributed by atoms with van der Waals surface area (Å²) in [6.45, 7) is 0. The lowest BCUT2D eigenvalue weighted by atomic mass is 10.2. The maximum absolute atomic E-state index is 11.7. The topological polar surface area (TPSA) is 56.5 Å². The number of halogens is 2. The number of carbonyl (C=O) groups excluding carboxylic acids is 1. The molecule has 5 nitrogen and oxygen atoms in total. The summed E-state index contributed by atoms with van der Waals surface area (Å²) in [5.74, 6) is 0.0599. The van der Waals surface area contributed by atoms with E-state index in [1.165, 1.54) is 13.2 Å². The van der Waals surface area contributed by atoms with Crippen molar-refractivity contribution in [2.45, 2.75) is 0 Å². The van der Waals surface area contributed by atoms with Crippen LogP contribution >= 0.6 is 23.2 Å². The van der Waals surface area contributed by atoms with Gasteiger partial charge < -0.3 is 4.74 Å². The van der Waals surface area contributed by atoms with Gasteiger partial charge in [-0.1, -0.05) is 35.3 Å². The molecule has 2 heterocycles. The number of pyridine rings is 1. The van der Waals surface area contributed by atoms with Gasteiger partial charge in [-0.3, -0.25) is 4.40 Å².